The Morgan fingerprint density at radius 2 is 1.10 bits per heavy atom. The van der Waals surface area contributed by atoms with E-state index < -0.39 is 0 Å². The largest absolute Gasteiger partial charge is 0.224 e. The lowest BCUT2D eigenvalue weighted by Crippen LogP contribution is -2.39. The number of rotatable bonds is 5. The minimum atomic E-state index is 0.844. The molecule has 3 heterocycles. The number of thiophene rings is 2. The molecule has 0 aliphatic carbocycles. The maximum Gasteiger partial charge on any atom is 0.224 e. The van der Waals surface area contributed by atoms with Crippen molar-refractivity contribution < 1.29 is 4.57 Å². The van der Waals surface area contributed by atoms with Crippen molar-refractivity contribution in [1.82, 2.24) is 0 Å². The fraction of sp³-hybridized carbons (Fsp3) is 0.0385. The maximum atomic E-state index is 2.46. The van der Waals surface area contributed by atoms with E-state index in [4.69, 9.17) is 0 Å². The number of aromatic nitrogens is 1. The predicted molar refractivity (Wildman–Crippen MR) is 124 cm³/mol. The van der Waals surface area contributed by atoms with E-state index in [0.717, 1.165) is 6.54 Å². The Hall–Kier alpha value is -3.01. The van der Waals surface area contributed by atoms with Crippen molar-refractivity contribution in [1.29, 1.82) is 0 Å². The third kappa shape index (κ3) is 3.80. The molecule has 0 radical (unpaired) electrons. The Morgan fingerprint density at radius 1 is 0.552 bits per heavy atom. The highest BCUT2D eigenvalue weighted by molar-refractivity contribution is 7.13. The van der Waals surface area contributed by atoms with Crippen molar-refractivity contribution in [2.75, 3.05) is 0 Å². The normalized spacial score (nSPS) is 10.9. The summed E-state index contributed by atoms with van der Waals surface area (Å²) < 4.78 is 2.46. The second kappa shape index (κ2) is 8.16. The maximum absolute atomic E-state index is 2.46. The van der Waals surface area contributed by atoms with E-state index in [1.807, 2.05) is 0 Å². The summed E-state index contributed by atoms with van der Waals surface area (Å²) in [4.78, 5) is 2.58. The lowest BCUT2D eigenvalue weighted by molar-refractivity contribution is -0.666. The highest BCUT2D eigenvalue weighted by atomic mass is 32.1. The molecule has 0 N–H and O–H groups in total. The molecule has 140 valence electrons. The van der Waals surface area contributed by atoms with Gasteiger partial charge in [0.25, 0.3) is 0 Å². The summed E-state index contributed by atoms with van der Waals surface area (Å²) in [5, 5.41) is 4.31. The molecule has 0 bridgehead atoms. The molecule has 29 heavy (non-hydrogen) atoms. The smallest absolute Gasteiger partial charge is 0.185 e. The minimum Gasteiger partial charge on any atom is -0.185 e. The van der Waals surface area contributed by atoms with Crippen LogP contribution in [0.2, 0.25) is 0 Å². The number of nitrogens with zero attached hydrogens (tertiary/aromatic N) is 1. The second-order valence-electron chi connectivity index (χ2n) is 6.91. The van der Waals surface area contributed by atoms with Crippen LogP contribution >= 0.6 is 22.7 Å². The Morgan fingerprint density at radius 3 is 1.62 bits per heavy atom. The standard InChI is InChI=1S/C26H20NS2/c1-3-9-20(10-4-1)19-27-23(25-13-7-15-28-25)17-22(21-11-5-2-6-12-21)18-24(27)26-14-8-16-29-26/h1-18H,19H2/q+1. The zero-order chi connectivity index (χ0) is 19.5. The summed E-state index contributed by atoms with van der Waals surface area (Å²) in [5.41, 5.74) is 6.32. The molecule has 1 nitrogen and oxygen atoms in total. The van der Waals surface area contributed by atoms with Crippen molar-refractivity contribution in [2.24, 2.45) is 0 Å². The van der Waals surface area contributed by atoms with Gasteiger partial charge in [0.05, 0.1) is 9.75 Å². The number of hydrogen-bond donors (Lipinski definition) is 0. The molecular weight excluding hydrogens is 390 g/mol. The van der Waals surface area contributed by atoms with Crippen LogP contribution in [0.25, 0.3) is 32.3 Å². The van der Waals surface area contributed by atoms with E-state index in [9.17, 15) is 0 Å². The average molecular weight is 411 g/mol. The zero-order valence-electron chi connectivity index (χ0n) is 15.9. The van der Waals surface area contributed by atoms with Gasteiger partial charge in [-0.3, -0.25) is 0 Å². The summed E-state index contributed by atoms with van der Waals surface area (Å²) >= 11 is 3.59. The molecule has 0 atom stereocenters. The SMILES string of the molecule is c1ccc(C[n+]2c(-c3cccs3)cc(-c3ccccc3)cc2-c2cccs2)cc1. The van der Waals surface area contributed by atoms with Crippen LogP contribution in [0.15, 0.2) is 108 Å². The molecule has 0 saturated heterocycles. The number of benzene rings is 2. The quantitative estimate of drug-likeness (QED) is 0.271. The summed E-state index contributed by atoms with van der Waals surface area (Å²) in [7, 11) is 0. The van der Waals surface area contributed by atoms with Crippen LogP contribution in [0, 0.1) is 0 Å². The molecule has 0 unspecified atom stereocenters. The van der Waals surface area contributed by atoms with Crippen LogP contribution in [0.1, 0.15) is 5.56 Å². The van der Waals surface area contributed by atoms with Crippen LogP contribution in [0.5, 0.6) is 0 Å². The summed E-state index contributed by atoms with van der Waals surface area (Å²) in [6.07, 6.45) is 0. The molecule has 0 fully saturated rings. The van der Waals surface area contributed by atoms with Gasteiger partial charge in [-0.05, 0) is 34.0 Å². The van der Waals surface area contributed by atoms with Gasteiger partial charge in [0.15, 0.2) is 6.54 Å². The molecule has 3 aromatic heterocycles. The van der Waals surface area contributed by atoms with E-state index in [1.165, 1.54) is 37.8 Å². The molecule has 0 aliphatic rings. The van der Waals surface area contributed by atoms with Crippen molar-refractivity contribution in [3.63, 3.8) is 0 Å². The van der Waals surface area contributed by atoms with Gasteiger partial charge in [0.1, 0.15) is 0 Å². The first-order chi connectivity index (χ1) is 14.4. The lowest BCUT2D eigenvalue weighted by Gasteiger charge is -2.11. The first kappa shape index (κ1) is 18.0. The highest BCUT2D eigenvalue weighted by Gasteiger charge is 2.24. The Bertz CT molecular complexity index is 1140. The Kier molecular flexibility index (Phi) is 5.08. The van der Waals surface area contributed by atoms with Gasteiger partial charge < -0.3 is 0 Å². The van der Waals surface area contributed by atoms with E-state index in [-0.39, 0.29) is 0 Å². The van der Waals surface area contributed by atoms with Crippen molar-refractivity contribution in [3.05, 3.63) is 113 Å². The van der Waals surface area contributed by atoms with E-state index in [2.05, 4.69) is 112 Å². The van der Waals surface area contributed by atoms with E-state index in [0.29, 0.717) is 0 Å². The van der Waals surface area contributed by atoms with Crippen LogP contribution in [0.4, 0.5) is 0 Å². The lowest BCUT2D eigenvalue weighted by atomic mass is 10.0. The molecule has 2 aromatic carbocycles. The second-order valence-corrected chi connectivity index (χ2v) is 8.80. The van der Waals surface area contributed by atoms with Crippen molar-refractivity contribution >= 4 is 22.7 Å². The van der Waals surface area contributed by atoms with Crippen molar-refractivity contribution in [2.45, 2.75) is 6.54 Å². The van der Waals surface area contributed by atoms with Crippen LogP contribution < -0.4 is 4.57 Å². The fourth-order valence-corrected chi connectivity index (χ4v) is 5.11. The molecule has 5 aromatic rings. The molecule has 0 saturated carbocycles. The van der Waals surface area contributed by atoms with Gasteiger partial charge >= 0.3 is 0 Å². The predicted octanol–water partition coefficient (Wildman–Crippen LogP) is 7.15. The third-order valence-corrected chi connectivity index (χ3v) is 6.79. The summed E-state index contributed by atoms with van der Waals surface area (Å²) in [6.45, 7) is 0.844. The molecule has 5 rings (SSSR count). The monoisotopic (exact) mass is 410 g/mol. The van der Waals surface area contributed by atoms with Crippen molar-refractivity contribution in [3.8, 4) is 32.3 Å². The molecule has 0 aliphatic heterocycles. The van der Waals surface area contributed by atoms with Gasteiger partial charge in [-0.1, -0.05) is 72.8 Å². The first-order valence-electron chi connectivity index (χ1n) is 9.63. The fourth-order valence-electron chi connectivity index (χ4n) is 3.61. The third-order valence-electron chi connectivity index (χ3n) is 5.00. The molecular formula is C26H20NS2+. The summed E-state index contributed by atoms with van der Waals surface area (Å²) in [5.74, 6) is 0. The van der Waals surface area contributed by atoms with Gasteiger partial charge in [-0.25, -0.2) is 0 Å². The van der Waals surface area contributed by atoms with Gasteiger partial charge in [-0.2, -0.15) is 4.57 Å². The zero-order valence-corrected chi connectivity index (χ0v) is 17.5. The Labute approximate surface area is 179 Å². The average Bonchev–Trinajstić information content (AvgIpc) is 3.50. The molecule has 0 amide bonds. The van der Waals surface area contributed by atoms with Gasteiger partial charge in [0, 0.05) is 17.7 Å². The van der Waals surface area contributed by atoms with Crippen LogP contribution in [-0.4, -0.2) is 0 Å². The van der Waals surface area contributed by atoms with Gasteiger partial charge in [0.2, 0.25) is 11.4 Å². The number of pyridine rings is 1. The Balaban J connectivity index is 1.77. The van der Waals surface area contributed by atoms with Crippen LogP contribution in [0.3, 0.4) is 0 Å². The van der Waals surface area contributed by atoms with E-state index in [1.54, 1.807) is 22.7 Å². The van der Waals surface area contributed by atoms with Crippen LogP contribution in [-0.2, 0) is 6.54 Å². The number of hydrogen-bond acceptors (Lipinski definition) is 2. The van der Waals surface area contributed by atoms with E-state index >= 15 is 0 Å². The topological polar surface area (TPSA) is 3.88 Å². The molecule has 0 spiro atoms. The molecule has 3 heteroatoms. The van der Waals surface area contributed by atoms with Gasteiger partial charge in [-0.15, -0.1) is 22.7 Å². The highest BCUT2D eigenvalue weighted by Crippen LogP contribution is 2.32. The minimum absolute atomic E-state index is 0.844. The first-order valence-corrected chi connectivity index (χ1v) is 11.4. The summed E-state index contributed by atoms with van der Waals surface area (Å²) in [6, 6.07) is 34.7.